The molecular formula is C20H23NO6. The number of benzene rings is 1. The summed E-state index contributed by atoms with van der Waals surface area (Å²) in [7, 11) is 1.46. The Kier molecular flexibility index (Phi) is 5.78. The van der Waals surface area contributed by atoms with Crippen molar-refractivity contribution in [2.24, 2.45) is 0 Å². The Morgan fingerprint density at radius 2 is 2.11 bits per heavy atom. The number of piperidine rings is 1. The molecule has 0 spiro atoms. The second-order valence-electron chi connectivity index (χ2n) is 6.55. The maximum atomic E-state index is 12.4. The van der Waals surface area contributed by atoms with Crippen LogP contribution < -0.4 is 10.4 Å². The van der Waals surface area contributed by atoms with E-state index in [4.69, 9.17) is 13.9 Å². The highest BCUT2D eigenvalue weighted by molar-refractivity contribution is 5.95. The minimum absolute atomic E-state index is 0.183. The van der Waals surface area contributed by atoms with Gasteiger partial charge in [-0.25, -0.2) is 9.59 Å². The molecule has 1 saturated heterocycles. The number of amides is 1. The minimum Gasteiger partial charge on any atom is -0.493 e. The Labute approximate surface area is 156 Å². The van der Waals surface area contributed by atoms with E-state index in [2.05, 4.69) is 0 Å². The number of fused-ring (bicyclic) bond motifs is 1. The number of ether oxygens (including phenoxy) is 2. The fourth-order valence-corrected chi connectivity index (χ4v) is 3.46. The molecule has 1 unspecified atom stereocenters. The normalized spacial score (nSPS) is 17.0. The smallest absolute Gasteiger partial charge is 0.351 e. The van der Waals surface area contributed by atoms with Gasteiger partial charge in [0.25, 0.3) is 5.91 Å². The van der Waals surface area contributed by atoms with Crippen molar-refractivity contribution in [3.63, 3.8) is 0 Å². The van der Waals surface area contributed by atoms with Gasteiger partial charge in [-0.05, 0) is 37.8 Å². The van der Waals surface area contributed by atoms with Crippen molar-refractivity contribution in [1.82, 2.24) is 4.90 Å². The first-order valence-corrected chi connectivity index (χ1v) is 9.12. The molecule has 1 amide bonds. The number of esters is 1. The molecule has 1 fully saturated rings. The zero-order chi connectivity index (χ0) is 19.4. The van der Waals surface area contributed by atoms with E-state index < -0.39 is 11.6 Å². The van der Waals surface area contributed by atoms with Crippen LogP contribution in [0.2, 0.25) is 0 Å². The topological polar surface area (TPSA) is 86.1 Å². The number of methoxy groups -OCH3 is 1. The Morgan fingerprint density at radius 3 is 2.85 bits per heavy atom. The van der Waals surface area contributed by atoms with E-state index >= 15 is 0 Å². The average Bonchev–Trinajstić information content (AvgIpc) is 2.70. The summed E-state index contributed by atoms with van der Waals surface area (Å²) in [6.45, 7) is 2.33. The third kappa shape index (κ3) is 3.97. The first-order valence-electron chi connectivity index (χ1n) is 9.12. The molecule has 0 aliphatic carbocycles. The van der Waals surface area contributed by atoms with Crippen LogP contribution in [0.25, 0.3) is 11.0 Å². The van der Waals surface area contributed by atoms with Gasteiger partial charge in [0.2, 0.25) is 0 Å². The molecule has 7 heteroatoms. The summed E-state index contributed by atoms with van der Waals surface area (Å²) in [5, 5.41) is 0.536. The highest BCUT2D eigenvalue weighted by Gasteiger charge is 2.26. The van der Waals surface area contributed by atoms with Gasteiger partial charge in [0.15, 0.2) is 17.9 Å². The molecule has 1 atom stereocenters. The predicted octanol–water partition coefficient (Wildman–Crippen LogP) is 2.75. The van der Waals surface area contributed by atoms with Crippen molar-refractivity contribution in [1.29, 1.82) is 0 Å². The fourth-order valence-electron chi connectivity index (χ4n) is 3.46. The number of rotatable bonds is 5. The van der Waals surface area contributed by atoms with Gasteiger partial charge in [-0.2, -0.15) is 0 Å². The lowest BCUT2D eigenvalue weighted by molar-refractivity contribution is -0.138. The van der Waals surface area contributed by atoms with Crippen molar-refractivity contribution in [2.75, 3.05) is 20.3 Å². The van der Waals surface area contributed by atoms with Crippen LogP contribution in [0.3, 0.4) is 0 Å². The Bertz CT molecular complexity index is 903. The zero-order valence-electron chi connectivity index (χ0n) is 15.5. The molecule has 27 heavy (non-hydrogen) atoms. The van der Waals surface area contributed by atoms with E-state index in [1.165, 1.54) is 13.2 Å². The first-order chi connectivity index (χ1) is 13.0. The standard InChI is InChI=1S/C20H23NO6/c1-3-14-8-4-5-10-21(14)17(22)12-26-19(23)15-11-13-7-6-9-16(25-2)18(13)27-20(15)24/h6-7,9,11,14H,3-5,8,10,12H2,1-2H3. The minimum atomic E-state index is -0.869. The molecular weight excluding hydrogens is 350 g/mol. The third-order valence-electron chi connectivity index (χ3n) is 4.91. The highest BCUT2D eigenvalue weighted by Crippen LogP contribution is 2.24. The second-order valence-corrected chi connectivity index (χ2v) is 6.55. The predicted molar refractivity (Wildman–Crippen MR) is 99.0 cm³/mol. The van der Waals surface area contributed by atoms with E-state index in [1.807, 2.05) is 6.92 Å². The molecule has 2 aromatic rings. The lowest BCUT2D eigenvalue weighted by atomic mass is 10.00. The molecule has 3 rings (SSSR count). The molecule has 1 aromatic heterocycles. The molecule has 144 valence electrons. The van der Waals surface area contributed by atoms with Crippen LogP contribution in [0.1, 0.15) is 43.0 Å². The van der Waals surface area contributed by atoms with Crippen LogP contribution in [0.4, 0.5) is 0 Å². The van der Waals surface area contributed by atoms with Gasteiger partial charge in [-0.3, -0.25) is 4.79 Å². The lowest BCUT2D eigenvalue weighted by Gasteiger charge is -2.35. The van der Waals surface area contributed by atoms with Crippen LogP contribution in [0.15, 0.2) is 33.5 Å². The largest absolute Gasteiger partial charge is 0.493 e. The number of para-hydroxylation sites is 1. The van der Waals surface area contributed by atoms with Gasteiger partial charge in [-0.1, -0.05) is 19.1 Å². The number of hydrogen-bond donors (Lipinski definition) is 0. The van der Waals surface area contributed by atoms with Gasteiger partial charge < -0.3 is 18.8 Å². The summed E-state index contributed by atoms with van der Waals surface area (Å²) in [6, 6.07) is 6.66. The van der Waals surface area contributed by atoms with E-state index in [9.17, 15) is 14.4 Å². The van der Waals surface area contributed by atoms with Crippen LogP contribution in [-0.4, -0.2) is 43.1 Å². The van der Waals surface area contributed by atoms with Gasteiger partial charge in [0.1, 0.15) is 5.56 Å². The van der Waals surface area contributed by atoms with Crippen molar-refractivity contribution < 1.29 is 23.5 Å². The van der Waals surface area contributed by atoms with Crippen LogP contribution in [-0.2, 0) is 9.53 Å². The Hall–Kier alpha value is -2.83. The molecule has 0 bridgehead atoms. The summed E-state index contributed by atoms with van der Waals surface area (Å²) < 4.78 is 15.5. The summed E-state index contributed by atoms with van der Waals surface area (Å²) in [4.78, 5) is 38.7. The third-order valence-corrected chi connectivity index (χ3v) is 4.91. The van der Waals surface area contributed by atoms with E-state index in [1.54, 1.807) is 23.1 Å². The molecule has 7 nitrogen and oxygen atoms in total. The molecule has 1 aliphatic rings. The molecule has 0 radical (unpaired) electrons. The summed E-state index contributed by atoms with van der Waals surface area (Å²) in [5.74, 6) is -0.705. The number of nitrogens with zero attached hydrogens (tertiary/aromatic N) is 1. The van der Waals surface area contributed by atoms with Crippen LogP contribution in [0.5, 0.6) is 5.75 Å². The maximum Gasteiger partial charge on any atom is 0.351 e. The van der Waals surface area contributed by atoms with Crippen LogP contribution >= 0.6 is 0 Å². The maximum absolute atomic E-state index is 12.4. The number of likely N-dealkylation sites (tertiary alicyclic amines) is 1. The summed E-state index contributed by atoms with van der Waals surface area (Å²) >= 11 is 0. The molecule has 2 heterocycles. The number of carbonyl (C=O) groups excluding carboxylic acids is 2. The van der Waals surface area contributed by atoms with Crippen LogP contribution in [0, 0.1) is 0 Å². The van der Waals surface area contributed by atoms with E-state index in [-0.39, 0.29) is 29.7 Å². The van der Waals surface area contributed by atoms with Gasteiger partial charge in [0, 0.05) is 18.0 Å². The zero-order valence-corrected chi connectivity index (χ0v) is 15.5. The quantitative estimate of drug-likeness (QED) is 0.592. The Morgan fingerprint density at radius 1 is 1.30 bits per heavy atom. The number of carbonyl (C=O) groups is 2. The molecule has 0 N–H and O–H groups in total. The van der Waals surface area contributed by atoms with Crippen molar-refractivity contribution >= 4 is 22.8 Å². The van der Waals surface area contributed by atoms with Crippen molar-refractivity contribution in [2.45, 2.75) is 38.6 Å². The highest BCUT2D eigenvalue weighted by atomic mass is 16.5. The lowest BCUT2D eigenvalue weighted by Crippen LogP contribution is -2.45. The van der Waals surface area contributed by atoms with E-state index in [0.717, 1.165) is 25.7 Å². The van der Waals surface area contributed by atoms with E-state index in [0.29, 0.717) is 17.7 Å². The number of hydrogen-bond acceptors (Lipinski definition) is 6. The summed E-state index contributed by atoms with van der Waals surface area (Å²) in [6.07, 6.45) is 3.89. The van der Waals surface area contributed by atoms with Gasteiger partial charge >= 0.3 is 11.6 Å². The Balaban J connectivity index is 1.73. The average molecular weight is 373 g/mol. The summed E-state index contributed by atoms with van der Waals surface area (Å²) in [5.41, 5.74) is -0.806. The first kappa shape index (κ1) is 18.9. The van der Waals surface area contributed by atoms with Gasteiger partial charge in [-0.15, -0.1) is 0 Å². The fraction of sp³-hybridized carbons (Fsp3) is 0.450. The molecule has 1 aliphatic heterocycles. The van der Waals surface area contributed by atoms with Gasteiger partial charge in [0.05, 0.1) is 7.11 Å². The second kappa shape index (κ2) is 8.24. The monoisotopic (exact) mass is 373 g/mol. The van der Waals surface area contributed by atoms with Crippen molar-refractivity contribution in [3.8, 4) is 5.75 Å². The van der Waals surface area contributed by atoms with Crippen molar-refractivity contribution in [3.05, 3.63) is 40.2 Å². The molecule has 1 aromatic carbocycles. The SMILES string of the molecule is CCC1CCCCN1C(=O)COC(=O)c1cc2cccc(OC)c2oc1=O. The molecule has 0 saturated carbocycles.